The number of hydrogen-bond acceptors (Lipinski definition) is 9. The highest BCUT2D eigenvalue weighted by atomic mass is 16.6. The van der Waals surface area contributed by atoms with Crippen LogP contribution in [0.25, 0.3) is 17.3 Å². The van der Waals surface area contributed by atoms with Crippen molar-refractivity contribution >= 4 is 35.4 Å². The molecule has 46 heavy (non-hydrogen) atoms. The highest BCUT2D eigenvalue weighted by Crippen LogP contribution is 2.45. The van der Waals surface area contributed by atoms with E-state index in [0.717, 1.165) is 24.2 Å². The smallest absolute Gasteiger partial charge is 0.414 e. The number of carbonyl (C=O) groups is 2. The first-order valence-corrected chi connectivity index (χ1v) is 15.5. The molecule has 2 aromatic heterocycles. The molecule has 1 atom stereocenters. The van der Waals surface area contributed by atoms with Crippen LogP contribution in [-0.2, 0) is 21.4 Å². The average molecular weight is 624 g/mol. The van der Waals surface area contributed by atoms with Crippen molar-refractivity contribution < 1.29 is 19.4 Å². The first-order chi connectivity index (χ1) is 21.8. The number of hydrogen-bond donors (Lipinski definition) is 2. The predicted octanol–water partition coefficient (Wildman–Crippen LogP) is 5.60. The molecule has 1 aromatic carbocycles. The summed E-state index contributed by atoms with van der Waals surface area (Å²) in [7, 11) is 3.41. The Labute approximate surface area is 269 Å². The van der Waals surface area contributed by atoms with Crippen molar-refractivity contribution in [2.75, 3.05) is 37.5 Å². The number of nitrogens with zero attached hydrogens (tertiary/aromatic N) is 6. The minimum atomic E-state index is -0.808. The van der Waals surface area contributed by atoms with E-state index in [1.165, 1.54) is 28.7 Å². The first-order valence-electron chi connectivity index (χ1n) is 15.5. The van der Waals surface area contributed by atoms with E-state index in [2.05, 4.69) is 16.4 Å². The number of nitrogens with one attached hydrogen (secondary N) is 1. The molecule has 1 aliphatic heterocycles. The molecule has 11 heteroatoms. The van der Waals surface area contributed by atoms with Gasteiger partial charge in [-0.15, -0.1) is 0 Å². The number of ether oxygens (including phenoxy) is 1. The molecular formula is C35H41N7O4. The van der Waals surface area contributed by atoms with Crippen molar-refractivity contribution in [3.63, 3.8) is 0 Å². The predicted molar refractivity (Wildman–Crippen MR) is 176 cm³/mol. The molecule has 2 N–H and O–H groups in total. The zero-order valence-electron chi connectivity index (χ0n) is 27.3. The molecule has 2 amide bonds. The van der Waals surface area contributed by atoms with Crippen LogP contribution in [0.2, 0.25) is 0 Å². The minimum Gasteiger partial charge on any atom is -0.443 e. The number of likely N-dealkylation sites (N-methyl/N-ethyl adjacent to an activating group) is 1. The van der Waals surface area contributed by atoms with Crippen molar-refractivity contribution in [2.45, 2.75) is 64.4 Å². The Hall–Kier alpha value is -4.82. The van der Waals surface area contributed by atoms with Crippen LogP contribution in [0.4, 0.5) is 22.1 Å². The maximum Gasteiger partial charge on any atom is 0.414 e. The van der Waals surface area contributed by atoms with Crippen LogP contribution < -0.4 is 10.2 Å². The summed E-state index contributed by atoms with van der Waals surface area (Å²) in [5.41, 5.74) is 3.43. The van der Waals surface area contributed by atoms with E-state index in [4.69, 9.17) is 14.7 Å². The second kappa shape index (κ2) is 12.9. The van der Waals surface area contributed by atoms with Gasteiger partial charge in [0.25, 0.3) is 0 Å². The van der Waals surface area contributed by atoms with E-state index < -0.39 is 17.1 Å². The summed E-state index contributed by atoms with van der Waals surface area (Å²) in [6.45, 7) is 7.17. The Morgan fingerprint density at radius 2 is 1.98 bits per heavy atom. The minimum absolute atomic E-state index is 0.114. The van der Waals surface area contributed by atoms with Gasteiger partial charge in [-0.2, -0.15) is 5.26 Å². The number of rotatable bonds is 9. The average Bonchev–Trinajstić information content (AvgIpc) is 3.80. The molecule has 5 rings (SSSR count). The fraction of sp³-hybridized carbons (Fsp3) is 0.429. The number of aliphatic hydroxyl groups is 1. The van der Waals surface area contributed by atoms with E-state index in [1.54, 1.807) is 59.3 Å². The summed E-state index contributed by atoms with van der Waals surface area (Å²) in [6.07, 6.45) is 8.58. The number of benzene rings is 1. The monoisotopic (exact) mass is 623 g/mol. The van der Waals surface area contributed by atoms with Crippen LogP contribution in [-0.4, -0.2) is 69.8 Å². The SMILES string of the molecule is CN(C)C(=O)/C=C/c1ccc(Nc2nccc(-c3cc(C#N)c4c(c3)[C@@](C)(CO)CN4C(=O)OC(C)(C)C)n2)c(CCC2CC2)n1. The van der Waals surface area contributed by atoms with E-state index in [-0.39, 0.29) is 24.6 Å². The number of pyridine rings is 1. The standard InChI is InChI=1S/C35H41N7O4/c1-34(2,3)46-33(45)42-20-35(4,21-43)26-18-23(17-24(19-36)31(26)42)27-15-16-37-32(39-27)40-29-13-10-25(11-14-30(44)41(5)6)38-28(29)12-9-22-7-8-22/h10-11,13-18,22,43H,7-9,12,20-21H2,1-6H3,(H,37,39,40)/b14-11+/t35-/m1/s1. The van der Waals surface area contributed by atoms with Crippen LogP contribution in [0, 0.1) is 17.2 Å². The third-order valence-electron chi connectivity index (χ3n) is 8.14. The van der Waals surface area contributed by atoms with Crippen LogP contribution in [0.1, 0.15) is 69.5 Å². The zero-order chi connectivity index (χ0) is 33.2. The maximum absolute atomic E-state index is 13.2. The van der Waals surface area contributed by atoms with Gasteiger partial charge in [-0.05, 0) is 81.5 Å². The largest absolute Gasteiger partial charge is 0.443 e. The van der Waals surface area contributed by atoms with Crippen molar-refractivity contribution in [1.29, 1.82) is 5.26 Å². The van der Waals surface area contributed by atoms with Crippen molar-refractivity contribution in [3.05, 3.63) is 65.1 Å². The van der Waals surface area contributed by atoms with E-state index in [1.807, 2.05) is 25.1 Å². The molecule has 3 aromatic rings. The fourth-order valence-electron chi connectivity index (χ4n) is 5.41. The van der Waals surface area contributed by atoms with Gasteiger partial charge in [0.15, 0.2) is 0 Å². The molecule has 1 saturated carbocycles. The summed E-state index contributed by atoms with van der Waals surface area (Å²) in [5.74, 6) is 0.961. The van der Waals surface area contributed by atoms with E-state index >= 15 is 0 Å². The van der Waals surface area contributed by atoms with E-state index in [0.29, 0.717) is 40.1 Å². The molecule has 0 saturated heterocycles. The number of aryl methyl sites for hydroxylation is 1. The second-order valence-electron chi connectivity index (χ2n) is 13.5. The van der Waals surface area contributed by atoms with Gasteiger partial charge in [0.1, 0.15) is 11.7 Å². The molecule has 2 aliphatic rings. The molecule has 0 radical (unpaired) electrons. The third-order valence-corrected chi connectivity index (χ3v) is 8.14. The summed E-state index contributed by atoms with van der Waals surface area (Å²) >= 11 is 0. The normalized spacial score (nSPS) is 17.5. The van der Waals surface area contributed by atoms with Crippen LogP contribution in [0.5, 0.6) is 0 Å². The number of fused-ring (bicyclic) bond motifs is 1. The van der Waals surface area contributed by atoms with Crippen LogP contribution in [0.3, 0.4) is 0 Å². The molecule has 0 spiro atoms. The number of aromatic nitrogens is 3. The Morgan fingerprint density at radius 1 is 1.22 bits per heavy atom. The number of aliphatic hydroxyl groups excluding tert-OH is 1. The van der Waals surface area contributed by atoms with Gasteiger partial charge < -0.3 is 20.1 Å². The molecule has 1 aliphatic carbocycles. The lowest BCUT2D eigenvalue weighted by Gasteiger charge is -2.26. The van der Waals surface area contributed by atoms with Gasteiger partial charge in [0.05, 0.1) is 40.6 Å². The number of nitriles is 1. The van der Waals surface area contributed by atoms with E-state index in [9.17, 15) is 20.0 Å². The molecule has 3 heterocycles. The van der Waals surface area contributed by atoms with Gasteiger partial charge in [0.2, 0.25) is 11.9 Å². The van der Waals surface area contributed by atoms with Crippen molar-refractivity contribution in [2.24, 2.45) is 5.92 Å². The lowest BCUT2D eigenvalue weighted by molar-refractivity contribution is -0.123. The topological polar surface area (TPSA) is 145 Å². The summed E-state index contributed by atoms with van der Waals surface area (Å²) in [4.78, 5) is 42.2. The molecule has 11 nitrogen and oxygen atoms in total. The quantitative estimate of drug-likeness (QED) is 0.291. The van der Waals surface area contributed by atoms with Gasteiger partial charge in [-0.1, -0.05) is 19.8 Å². The maximum atomic E-state index is 13.2. The van der Waals surface area contributed by atoms with Crippen molar-refractivity contribution in [3.8, 4) is 17.3 Å². The molecular weight excluding hydrogens is 582 g/mol. The molecule has 240 valence electrons. The molecule has 0 unspecified atom stereocenters. The lowest BCUT2D eigenvalue weighted by atomic mass is 9.83. The Morgan fingerprint density at radius 3 is 2.63 bits per heavy atom. The Kier molecular flexibility index (Phi) is 9.13. The van der Waals surface area contributed by atoms with Crippen molar-refractivity contribution in [1.82, 2.24) is 19.9 Å². The number of carbonyl (C=O) groups excluding carboxylic acids is 2. The summed E-state index contributed by atoms with van der Waals surface area (Å²) in [5, 5.41) is 23.9. The number of amides is 2. The van der Waals surface area contributed by atoms with Gasteiger partial charge in [-0.25, -0.2) is 14.8 Å². The number of anilines is 3. The summed E-state index contributed by atoms with van der Waals surface area (Å²) in [6, 6.07) is 11.3. The zero-order valence-corrected chi connectivity index (χ0v) is 27.3. The fourth-order valence-corrected chi connectivity index (χ4v) is 5.41. The molecule has 1 fully saturated rings. The highest BCUT2D eigenvalue weighted by Gasteiger charge is 2.44. The highest BCUT2D eigenvalue weighted by molar-refractivity contribution is 5.95. The lowest BCUT2D eigenvalue weighted by Crippen LogP contribution is -2.40. The first kappa shape index (κ1) is 32.6. The molecule has 0 bridgehead atoms. The van der Waals surface area contributed by atoms with Crippen LogP contribution >= 0.6 is 0 Å². The van der Waals surface area contributed by atoms with Gasteiger partial charge >= 0.3 is 6.09 Å². The second-order valence-corrected chi connectivity index (χ2v) is 13.5. The van der Waals surface area contributed by atoms with Gasteiger partial charge in [0, 0.05) is 43.9 Å². The Balaban J connectivity index is 1.47. The third kappa shape index (κ3) is 7.35. The summed E-state index contributed by atoms with van der Waals surface area (Å²) < 4.78 is 5.63. The Bertz CT molecular complexity index is 1720. The van der Waals surface area contributed by atoms with Crippen LogP contribution in [0.15, 0.2) is 42.6 Å². The van der Waals surface area contributed by atoms with Gasteiger partial charge in [-0.3, -0.25) is 14.7 Å².